The van der Waals surface area contributed by atoms with Crippen LogP contribution in [0.25, 0.3) is 0 Å². The first-order chi connectivity index (χ1) is 8.47. The summed E-state index contributed by atoms with van der Waals surface area (Å²) in [5.74, 6) is -5.17. The second-order valence-corrected chi connectivity index (χ2v) is 3.70. The Hall–Kier alpha value is -2.11. The average Bonchev–Trinajstić information content (AvgIpc) is 2.29. The van der Waals surface area contributed by atoms with E-state index in [2.05, 4.69) is 10.3 Å². The lowest BCUT2D eigenvalue weighted by atomic mass is 10.2. The summed E-state index contributed by atoms with van der Waals surface area (Å²) < 4.78 is 52.2. The minimum atomic E-state index is -1.45. The molecule has 1 N–H and O–H groups in total. The molecule has 94 valence electrons. The van der Waals surface area contributed by atoms with Gasteiger partial charge in [-0.25, -0.2) is 13.2 Å². The van der Waals surface area contributed by atoms with Gasteiger partial charge in [-0.2, -0.15) is 9.37 Å². The van der Waals surface area contributed by atoms with E-state index in [4.69, 9.17) is 0 Å². The third-order valence-corrected chi connectivity index (χ3v) is 2.26. The van der Waals surface area contributed by atoms with Crippen molar-refractivity contribution in [1.29, 1.82) is 0 Å². The van der Waals surface area contributed by atoms with E-state index in [9.17, 15) is 17.6 Å². The Morgan fingerprint density at radius 1 is 0.944 bits per heavy atom. The highest BCUT2D eigenvalue weighted by atomic mass is 19.2. The van der Waals surface area contributed by atoms with Crippen LogP contribution in [0.4, 0.5) is 29.1 Å². The molecular formula is C12H8F4N2. The molecule has 0 bridgehead atoms. The Labute approximate surface area is 100 Å². The SMILES string of the molecule is Cc1ccc(Nc2nc(F)c(F)cc2F)c(F)c1. The summed E-state index contributed by atoms with van der Waals surface area (Å²) in [7, 11) is 0. The Bertz CT molecular complexity index is 599. The molecular weight excluding hydrogens is 248 g/mol. The number of benzene rings is 1. The van der Waals surface area contributed by atoms with E-state index in [1.165, 1.54) is 12.1 Å². The van der Waals surface area contributed by atoms with Gasteiger partial charge in [-0.3, -0.25) is 0 Å². The van der Waals surface area contributed by atoms with Gasteiger partial charge in [0.2, 0.25) is 0 Å². The predicted octanol–water partition coefficient (Wildman–Crippen LogP) is 3.69. The number of aromatic nitrogens is 1. The van der Waals surface area contributed by atoms with E-state index in [1.54, 1.807) is 13.0 Å². The molecule has 18 heavy (non-hydrogen) atoms. The van der Waals surface area contributed by atoms with Crippen molar-refractivity contribution in [3.05, 3.63) is 53.2 Å². The van der Waals surface area contributed by atoms with E-state index in [1.807, 2.05) is 0 Å². The smallest absolute Gasteiger partial charge is 0.251 e. The normalized spacial score (nSPS) is 10.5. The van der Waals surface area contributed by atoms with E-state index in [-0.39, 0.29) is 5.69 Å². The van der Waals surface area contributed by atoms with Crippen LogP contribution in [0.5, 0.6) is 0 Å². The second-order valence-electron chi connectivity index (χ2n) is 3.70. The molecule has 2 aromatic rings. The molecule has 1 heterocycles. The van der Waals surface area contributed by atoms with E-state index < -0.39 is 29.2 Å². The number of nitrogens with one attached hydrogen (secondary N) is 1. The van der Waals surface area contributed by atoms with E-state index >= 15 is 0 Å². The third kappa shape index (κ3) is 2.42. The van der Waals surface area contributed by atoms with Crippen molar-refractivity contribution in [3.63, 3.8) is 0 Å². The molecule has 0 aliphatic rings. The summed E-state index contributed by atoms with van der Waals surface area (Å²) in [6, 6.07) is 4.51. The van der Waals surface area contributed by atoms with Crippen LogP contribution in [-0.2, 0) is 0 Å². The Kier molecular flexibility index (Phi) is 3.18. The van der Waals surface area contributed by atoms with Crippen molar-refractivity contribution >= 4 is 11.5 Å². The lowest BCUT2D eigenvalue weighted by Gasteiger charge is -2.08. The van der Waals surface area contributed by atoms with Gasteiger partial charge in [0.25, 0.3) is 5.95 Å². The van der Waals surface area contributed by atoms with E-state index in [0.29, 0.717) is 11.6 Å². The van der Waals surface area contributed by atoms with Crippen molar-refractivity contribution in [3.8, 4) is 0 Å². The van der Waals surface area contributed by atoms with Gasteiger partial charge in [0.1, 0.15) is 5.82 Å². The number of hydrogen-bond acceptors (Lipinski definition) is 2. The summed E-state index contributed by atoms with van der Waals surface area (Å²) in [5.41, 5.74) is 0.606. The van der Waals surface area contributed by atoms with Crippen LogP contribution >= 0.6 is 0 Å². The van der Waals surface area contributed by atoms with Gasteiger partial charge in [-0.15, -0.1) is 0 Å². The second kappa shape index (κ2) is 4.64. The Morgan fingerprint density at radius 2 is 1.67 bits per heavy atom. The Morgan fingerprint density at radius 3 is 2.33 bits per heavy atom. The predicted molar refractivity (Wildman–Crippen MR) is 58.5 cm³/mol. The lowest BCUT2D eigenvalue weighted by molar-refractivity contribution is 0.467. The molecule has 0 fully saturated rings. The van der Waals surface area contributed by atoms with Gasteiger partial charge in [0.15, 0.2) is 17.5 Å². The summed E-state index contributed by atoms with van der Waals surface area (Å²) in [5, 5.41) is 2.27. The fraction of sp³-hybridized carbons (Fsp3) is 0.0833. The van der Waals surface area contributed by atoms with Gasteiger partial charge < -0.3 is 5.32 Å². The van der Waals surface area contributed by atoms with E-state index in [0.717, 1.165) is 0 Å². The molecule has 0 aliphatic carbocycles. The number of aryl methyl sites for hydroxylation is 1. The largest absolute Gasteiger partial charge is 0.335 e. The van der Waals surface area contributed by atoms with Gasteiger partial charge in [-0.05, 0) is 24.6 Å². The van der Waals surface area contributed by atoms with Gasteiger partial charge in [-0.1, -0.05) is 6.07 Å². The summed E-state index contributed by atoms with van der Waals surface area (Å²) in [4.78, 5) is 3.04. The highest BCUT2D eigenvalue weighted by Crippen LogP contribution is 2.22. The average molecular weight is 256 g/mol. The van der Waals surface area contributed by atoms with Gasteiger partial charge in [0, 0.05) is 6.07 Å². The lowest BCUT2D eigenvalue weighted by Crippen LogP contribution is -2.03. The van der Waals surface area contributed by atoms with Crippen LogP contribution in [-0.4, -0.2) is 4.98 Å². The first kappa shape index (κ1) is 12.3. The molecule has 0 aliphatic heterocycles. The first-order valence-electron chi connectivity index (χ1n) is 5.02. The van der Waals surface area contributed by atoms with Crippen LogP contribution in [0.1, 0.15) is 5.56 Å². The van der Waals surface area contributed by atoms with Gasteiger partial charge >= 0.3 is 0 Å². The molecule has 0 saturated carbocycles. The maximum atomic E-state index is 13.5. The first-order valence-corrected chi connectivity index (χ1v) is 5.02. The van der Waals surface area contributed by atoms with Crippen molar-refractivity contribution in [2.24, 2.45) is 0 Å². The van der Waals surface area contributed by atoms with Crippen LogP contribution in [0, 0.1) is 30.3 Å². The zero-order valence-corrected chi connectivity index (χ0v) is 9.27. The summed E-state index contributed by atoms with van der Waals surface area (Å²) in [6.07, 6.45) is 0. The maximum absolute atomic E-state index is 13.5. The van der Waals surface area contributed by atoms with Crippen molar-refractivity contribution in [2.75, 3.05) is 5.32 Å². The zero-order chi connectivity index (χ0) is 13.3. The molecule has 0 saturated heterocycles. The number of hydrogen-bond donors (Lipinski definition) is 1. The third-order valence-electron chi connectivity index (χ3n) is 2.26. The fourth-order valence-corrected chi connectivity index (χ4v) is 1.38. The number of anilines is 2. The molecule has 1 aromatic heterocycles. The maximum Gasteiger partial charge on any atom is 0.251 e. The standard InChI is InChI=1S/C12H8F4N2/c1-6-2-3-10(7(13)4-6)17-12-9(15)5-8(14)11(16)18-12/h2-5H,1H3,(H,17,18). The van der Waals surface area contributed by atoms with Crippen LogP contribution in [0.15, 0.2) is 24.3 Å². The van der Waals surface area contributed by atoms with Crippen molar-refractivity contribution in [1.82, 2.24) is 4.98 Å². The molecule has 2 nitrogen and oxygen atoms in total. The van der Waals surface area contributed by atoms with Crippen LogP contribution in [0.3, 0.4) is 0 Å². The quantitative estimate of drug-likeness (QED) is 0.654. The topological polar surface area (TPSA) is 24.9 Å². The molecule has 0 unspecified atom stereocenters. The minimum Gasteiger partial charge on any atom is -0.335 e. The molecule has 0 radical (unpaired) electrons. The fourth-order valence-electron chi connectivity index (χ4n) is 1.38. The monoisotopic (exact) mass is 256 g/mol. The molecule has 1 aromatic carbocycles. The van der Waals surface area contributed by atoms with Crippen molar-refractivity contribution < 1.29 is 17.6 Å². The molecule has 0 spiro atoms. The molecule has 6 heteroatoms. The molecule has 0 atom stereocenters. The van der Waals surface area contributed by atoms with Crippen molar-refractivity contribution in [2.45, 2.75) is 6.92 Å². The van der Waals surface area contributed by atoms with Crippen LogP contribution in [0.2, 0.25) is 0 Å². The highest BCUT2D eigenvalue weighted by molar-refractivity contribution is 5.57. The molecule has 2 rings (SSSR count). The van der Waals surface area contributed by atoms with Gasteiger partial charge in [0.05, 0.1) is 5.69 Å². The highest BCUT2D eigenvalue weighted by Gasteiger charge is 2.13. The number of nitrogens with zero attached hydrogens (tertiary/aromatic N) is 1. The van der Waals surface area contributed by atoms with Crippen LogP contribution < -0.4 is 5.32 Å². The molecule has 0 amide bonds. The number of halogens is 4. The summed E-state index contributed by atoms with van der Waals surface area (Å²) >= 11 is 0. The Balaban J connectivity index is 2.37. The minimum absolute atomic E-state index is 0.0713. The number of rotatable bonds is 2. The summed E-state index contributed by atoms with van der Waals surface area (Å²) in [6.45, 7) is 1.68. The zero-order valence-electron chi connectivity index (χ0n) is 9.27. The number of pyridine rings is 1.